The maximum absolute atomic E-state index is 13.2. The molecule has 2 aromatic carbocycles. The van der Waals surface area contributed by atoms with E-state index in [1.807, 2.05) is 60.1 Å². The van der Waals surface area contributed by atoms with Crippen molar-refractivity contribution in [1.82, 2.24) is 25.1 Å². The molecule has 0 saturated carbocycles. The van der Waals surface area contributed by atoms with E-state index in [1.165, 1.54) is 0 Å². The fraction of sp³-hybridized carbons (Fsp3) is 0.333. The van der Waals surface area contributed by atoms with Crippen LogP contribution in [0.25, 0.3) is 21.9 Å². The molecule has 2 aromatic heterocycles. The van der Waals surface area contributed by atoms with Gasteiger partial charge in [-0.15, -0.1) is 0 Å². The monoisotopic (exact) mass is 430 g/mol. The summed E-state index contributed by atoms with van der Waals surface area (Å²) < 4.78 is 2.03. The first kappa shape index (κ1) is 20.2. The number of anilines is 1. The molecule has 1 saturated heterocycles. The summed E-state index contributed by atoms with van der Waals surface area (Å²) in [4.78, 5) is 32.4. The van der Waals surface area contributed by atoms with E-state index in [9.17, 15) is 9.59 Å². The molecule has 2 N–H and O–H groups in total. The minimum atomic E-state index is -0.436. The molecule has 0 bridgehead atoms. The maximum Gasteiger partial charge on any atom is 0.229 e. The number of carbonyl (C=O) groups is 2. The summed E-state index contributed by atoms with van der Waals surface area (Å²) in [6.45, 7) is 4.44. The second-order valence-corrected chi connectivity index (χ2v) is 8.75. The lowest BCUT2D eigenvalue weighted by atomic mass is 10.0. The van der Waals surface area contributed by atoms with Crippen molar-refractivity contribution in [3.63, 3.8) is 0 Å². The molecule has 0 spiro atoms. The summed E-state index contributed by atoms with van der Waals surface area (Å²) >= 11 is 0. The summed E-state index contributed by atoms with van der Waals surface area (Å²) in [5, 5.41) is 11.3. The van der Waals surface area contributed by atoms with E-state index in [-0.39, 0.29) is 30.2 Å². The maximum atomic E-state index is 13.2. The number of amides is 2. The number of imidazole rings is 1. The minimum absolute atomic E-state index is 0.0915. The number of benzene rings is 2. The van der Waals surface area contributed by atoms with Gasteiger partial charge in [-0.2, -0.15) is 5.10 Å². The van der Waals surface area contributed by atoms with E-state index < -0.39 is 5.92 Å². The third-order valence-electron chi connectivity index (χ3n) is 6.27. The van der Waals surface area contributed by atoms with Gasteiger partial charge in [-0.1, -0.05) is 38.1 Å². The number of aromatic nitrogens is 4. The van der Waals surface area contributed by atoms with Crippen molar-refractivity contribution in [2.45, 2.75) is 26.3 Å². The molecular formula is C24H26N6O2. The van der Waals surface area contributed by atoms with Gasteiger partial charge in [0, 0.05) is 25.4 Å². The zero-order valence-corrected chi connectivity index (χ0v) is 18.4. The summed E-state index contributed by atoms with van der Waals surface area (Å²) in [5.74, 6) is 0.871. The molecule has 0 aliphatic carbocycles. The van der Waals surface area contributed by atoms with Crippen molar-refractivity contribution in [3.05, 3.63) is 54.4 Å². The van der Waals surface area contributed by atoms with Crippen molar-refractivity contribution in [1.29, 1.82) is 0 Å². The molecule has 0 radical (unpaired) electrons. The van der Waals surface area contributed by atoms with Crippen molar-refractivity contribution >= 4 is 39.6 Å². The molecule has 164 valence electrons. The highest BCUT2D eigenvalue weighted by Crippen LogP contribution is 2.31. The molecule has 1 aliphatic rings. The van der Waals surface area contributed by atoms with Crippen LogP contribution in [-0.2, 0) is 16.6 Å². The van der Waals surface area contributed by atoms with Gasteiger partial charge in [0.1, 0.15) is 5.82 Å². The lowest BCUT2D eigenvalue weighted by Crippen LogP contribution is -2.38. The minimum Gasteiger partial charge on any atom is -0.346 e. The Morgan fingerprint density at radius 3 is 2.69 bits per heavy atom. The van der Waals surface area contributed by atoms with E-state index in [0.717, 1.165) is 27.8 Å². The third kappa shape index (κ3) is 3.32. The molecule has 8 nitrogen and oxygen atoms in total. The normalized spacial score (nSPS) is 17.6. The predicted molar refractivity (Wildman–Crippen MR) is 123 cm³/mol. The summed E-state index contributed by atoms with van der Waals surface area (Å²) in [6.07, 6.45) is 0.167. The van der Waals surface area contributed by atoms with Gasteiger partial charge in [0.05, 0.1) is 28.5 Å². The number of nitrogens with one attached hydrogen (secondary N) is 2. The second kappa shape index (κ2) is 7.78. The lowest BCUT2D eigenvalue weighted by molar-refractivity contribution is -0.127. The topological polar surface area (TPSA) is 95.9 Å². The van der Waals surface area contributed by atoms with Crippen molar-refractivity contribution < 1.29 is 9.59 Å². The Morgan fingerprint density at radius 1 is 1.16 bits per heavy atom. The zero-order valence-electron chi connectivity index (χ0n) is 18.4. The van der Waals surface area contributed by atoms with Crippen LogP contribution >= 0.6 is 0 Å². The number of aromatic amines is 1. The van der Waals surface area contributed by atoms with Crippen LogP contribution < -0.4 is 10.2 Å². The van der Waals surface area contributed by atoms with E-state index in [4.69, 9.17) is 4.98 Å². The summed E-state index contributed by atoms with van der Waals surface area (Å²) in [7, 11) is 1.97. The number of para-hydroxylation sites is 3. The van der Waals surface area contributed by atoms with Gasteiger partial charge in [0.2, 0.25) is 11.8 Å². The molecule has 3 heterocycles. The number of hydrogen-bond donors (Lipinski definition) is 2. The van der Waals surface area contributed by atoms with Crippen molar-refractivity contribution in [3.8, 4) is 0 Å². The van der Waals surface area contributed by atoms with Crippen LogP contribution in [0.2, 0.25) is 0 Å². The van der Waals surface area contributed by atoms with Crippen LogP contribution in [0.15, 0.2) is 48.5 Å². The molecule has 32 heavy (non-hydrogen) atoms. The number of hydrogen-bond acceptors (Lipinski definition) is 4. The number of carbonyl (C=O) groups excluding carboxylic acids is 2. The largest absolute Gasteiger partial charge is 0.346 e. The van der Waals surface area contributed by atoms with Gasteiger partial charge in [0.25, 0.3) is 0 Å². The van der Waals surface area contributed by atoms with Crippen LogP contribution in [0, 0.1) is 11.8 Å². The van der Waals surface area contributed by atoms with E-state index in [0.29, 0.717) is 12.4 Å². The standard InChI is InChI=1S/C24H26N6O2/c1-14(2)21(23-25-18-10-6-7-11-19(18)29(23)3)26-24(32)15-12-20(31)30(13-15)22-16-8-4-5-9-17(16)27-28-22/h4-11,14-15,21H,12-13H2,1-3H3,(H,26,32)(H,27,28)/t15-,21-/m0/s1. The number of aryl methyl sites for hydroxylation is 1. The average molecular weight is 431 g/mol. The quantitative estimate of drug-likeness (QED) is 0.508. The highest BCUT2D eigenvalue weighted by atomic mass is 16.2. The molecular weight excluding hydrogens is 404 g/mol. The zero-order chi connectivity index (χ0) is 22.4. The molecule has 2 atom stereocenters. The fourth-order valence-corrected chi connectivity index (χ4v) is 4.49. The van der Waals surface area contributed by atoms with Crippen LogP contribution in [0.5, 0.6) is 0 Å². The van der Waals surface area contributed by atoms with E-state index in [2.05, 4.69) is 29.4 Å². The first-order chi connectivity index (χ1) is 15.4. The highest BCUT2D eigenvalue weighted by Gasteiger charge is 2.38. The van der Waals surface area contributed by atoms with Crippen molar-refractivity contribution in [2.24, 2.45) is 18.9 Å². The predicted octanol–water partition coefficient (Wildman–Crippen LogP) is 3.32. The van der Waals surface area contributed by atoms with Gasteiger partial charge in [0.15, 0.2) is 5.82 Å². The van der Waals surface area contributed by atoms with Crippen LogP contribution in [0.3, 0.4) is 0 Å². The number of rotatable bonds is 5. The summed E-state index contributed by atoms with van der Waals surface area (Å²) in [5.41, 5.74) is 2.79. The number of fused-ring (bicyclic) bond motifs is 2. The molecule has 8 heteroatoms. The Labute approximate surface area is 185 Å². The van der Waals surface area contributed by atoms with Crippen molar-refractivity contribution in [2.75, 3.05) is 11.4 Å². The Hall–Kier alpha value is -3.68. The Balaban J connectivity index is 1.37. The summed E-state index contributed by atoms with van der Waals surface area (Å²) in [6, 6.07) is 15.3. The van der Waals surface area contributed by atoms with Crippen LogP contribution in [-0.4, -0.2) is 38.1 Å². The smallest absolute Gasteiger partial charge is 0.229 e. The first-order valence-corrected chi connectivity index (χ1v) is 10.9. The van der Waals surface area contributed by atoms with Gasteiger partial charge in [-0.3, -0.25) is 19.6 Å². The first-order valence-electron chi connectivity index (χ1n) is 10.9. The molecule has 2 amide bonds. The number of nitrogens with zero attached hydrogens (tertiary/aromatic N) is 4. The van der Waals surface area contributed by atoms with E-state index >= 15 is 0 Å². The van der Waals surface area contributed by atoms with Gasteiger partial charge < -0.3 is 9.88 Å². The Bertz CT molecular complexity index is 1320. The Kier molecular flexibility index (Phi) is 4.92. The molecule has 4 aromatic rings. The van der Waals surface area contributed by atoms with Gasteiger partial charge in [-0.05, 0) is 30.2 Å². The van der Waals surface area contributed by atoms with Gasteiger partial charge >= 0.3 is 0 Å². The van der Waals surface area contributed by atoms with Crippen LogP contribution in [0.1, 0.15) is 32.1 Å². The third-order valence-corrected chi connectivity index (χ3v) is 6.27. The van der Waals surface area contributed by atoms with Gasteiger partial charge in [-0.25, -0.2) is 4.98 Å². The molecule has 0 unspecified atom stereocenters. The lowest BCUT2D eigenvalue weighted by Gasteiger charge is -2.24. The molecule has 1 aliphatic heterocycles. The molecule has 5 rings (SSSR count). The average Bonchev–Trinajstić information content (AvgIpc) is 3.47. The SMILES string of the molecule is CC(C)[C@H](NC(=O)[C@H]1CC(=O)N(c2n[nH]c3ccccc23)C1)c1nc2ccccc2n1C. The second-order valence-electron chi connectivity index (χ2n) is 8.75. The van der Waals surface area contributed by atoms with E-state index in [1.54, 1.807) is 4.90 Å². The van der Waals surface area contributed by atoms with Crippen LogP contribution in [0.4, 0.5) is 5.82 Å². The number of H-pyrrole nitrogens is 1. The Morgan fingerprint density at radius 2 is 1.91 bits per heavy atom. The highest BCUT2D eigenvalue weighted by molar-refractivity contribution is 6.05. The fourth-order valence-electron chi connectivity index (χ4n) is 4.49. The molecule has 1 fully saturated rings.